The van der Waals surface area contributed by atoms with Gasteiger partial charge in [0.2, 0.25) is 0 Å². The van der Waals surface area contributed by atoms with Gasteiger partial charge in [-0.1, -0.05) is 15.9 Å². The van der Waals surface area contributed by atoms with Gasteiger partial charge >= 0.3 is 0 Å². The second-order valence-corrected chi connectivity index (χ2v) is 10.7. The first kappa shape index (κ1) is 27.0. The van der Waals surface area contributed by atoms with E-state index in [1.807, 2.05) is 13.8 Å². The van der Waals surface area contributed by atoms with Gasteiger partial charge in [0.25, 0.3) is 17.5 Å². The van der Waals surface area contributed by atoms with Crippen LogP contribution in [-0.2, 0) is 9.47 Å². The number of carbonyl (C=O) groups excluding carboxylic acids is 2. The fourth-order valence-electron chi connectivity index (χ4n) is 5.27. The van der Waals surface area contributed by atoms with E-state index in [0.717, 1.165) is 0 Å². The number of H-pyrrole nitrogens is 1. The molecule has 206 valence electrons. The number of methoxy groups -OCH3 is 1. The summed E-state index contributed by atoms with van der Waals surface area (Å²) in [5.41, 5.74) is 1.46. The normalized spacial score (nSPS) is 23.3. The van der Waals surface area contributed by atoms with Crippen molar-refractivity contribution in [2.75, 3.05) is 38.6 Å². The van der Waals surface area contributed by atoms with E-state index >= 15 is 0 Å². The monoisotopic (exact) mass is 601 g/mol. The third-order valence-corrected chi connectivity index (χ3v) is 7.42. The summed E-state index contributed by atoms with van der Waals surface area (Å²) in [5, 5.41) is 15.3. The number of amides is 2. The van der Waals surface area contributed by atoms with Crippen LogP contribution in [-0.4, -0.2) is 99.1 Å². The first-order valence-electron chi connectivity index (χ1n) is 12.4. The van der Waals surface area contributed by atoms with Gasteiger partial charge in [-0.15, -0.1) is 0 Å². The molecule has 2 aliphatic heterocycles. The van der Waals surface area contributed by atoms with Gasteiger partial charge in [0, 0.05) is 50.0 Å². The number of nitro benzene ring substituents is 1. The molecule has 2 aromatic heterocycles. The molecule has 1 aromatic carbocycles. The van der Waals surface area contributed by atoms with Crippen molar-refractivity contribution in [3.8, 4) is 0 Å². The molecule has 2 saturated heterocycles. The lowest BCUT2D eigenvalue weighted by Crippen LogP contribution is -2.48. The average Bonchev–Trinajstić information content (AvgIpc) is 3.54. The van der Waals surface area contributed by atoms with Gasteiger partial charge in [-0.05, 0) is 19.9 Å². The van der Waals surface area contributed by atoms with Gasteiger partial charge < -0.3 is 29.6 Å². The van der Waals surface area contributed by atoms with E-state index in [1.165, 1.54) is 25.7 Å². The number of likely N-dealkylation sites (tertiary alicyclic amines) is 1. The number of hydrogen-bond acceptors (Lipinski definition) is 9. The number of morpholine rings is 1. The van der Waals surface area contributed by atoms with Crippen LogP contribution in [0.4, 0.5) is 11.4 Å². The Hall–Kier alpha value is -3.62. The lowest BCUT2D eigenvalue weighted by Gasteiger charge is -2.35. The van der Waals surface area contributed by atoms with Crippen molar-refractivity contribution in [1.82, 2.24) is 24.8 Å². The Bertz CT molecular complexity index is 1420. The fraction of sp³-hybridized carbons (Fsp3) is 0.440. The Balaban J connectivity index is 1.46. The highest BCUT2D eigenvalue weighted by atomic mass is 79.9. The molecule has 0 saturated carbocycles. The molecule has 14 heteroatoms. The van der Waals surface area contributed by atoms with Crippen molar-refractivity contribution in [3.05, 3.63) is 56.6 Å². The second-order valence-electron chi connectivity index (χ2n) is 9.79. The number of fused-ring (bicyclic) bond motifs is 1. The summed E-state index contributed by atoms with van der Waals surface area (Å²) in [7, 11) is 1.52. The molecule has 39 heavy (non-hydrogen) atoms. The van der Waals surface area contributed by atoms with Gasteiger partial charge in [-0.3, -0.25) is 24.7 Å². The predicted octanol–water partition coefficient (Wildman–Crippen LogP) is 2.83. The van der Waals surface area contributed by atoms with Gasteiger partial charge in [0.1, 0.15) is 11.2 Å². The molecule has 3 aromatic rings. The van der Waals surface area contributed by atoms with Crippen molar-refractivity contribution in [2.24, 2.45) is 0 Å². The topological polar surface area (TPSA) is 156 Å². The number of anilines is 1. The average molecular weight is 602 g/mol. The van der Waals surface area contributed by atoms with Crippen LogP contribution >= 0.6 is 15.9 Å². The molecular formula is C25H28BrN7O6. The number of ether oxygens (including phenoxy) is 2. The lowest BCUT2D eigenvalue weighted by molar-refractivity contribution is -0.384. The molecule has 5 rings (SSSR count). The maximum Gasteiger partial charge on any atom is 0.294 e. The number of aromatic nitrogens is 3. The number of carbonyl (C=O) groups is 2. The number of halogens is 1. The number of nitrogens with one attached hydrogen (secondary N) is 2. The van der Waals surface area contributed by atoms with Gasteiger partial charge in [0.05, 0.1) is 58.4 Å². The molecule has 2 fully saturated rings. The minimum absolute atomic E-state index is 0.0809. The third-order valence-electron chi connectivity index (χ3n) is 6.96. The fourth-order valence-corrected chi connectivity index (χ4v) is 5.71. The first-order chi connectivity index (χ1) is 18.7. The molecule has 0 spiro atoms. The van der Waals surface area contributed by atoms with E-state index in [0.29, 0.717) is 34.2 Å². The van der Waals surface area contributed by atoms with E-state index in [9.17, 15) is 19.7 Å². The highest BCUT2D eigenvalue weighted by Crippen LogP contribution is 2.36. The zero-order chi connectivity index (χ0) is 27.8. The van der Waals surface area contributed by atoms with Crippen molar-refractivity contribution < 1.29 is 24.0 Å². The molecule has 13 nitrogen and oxygen atoms in total. The van der Waals surface area contributed by atoms with Crippen LogP contribution in [0.25, 0.3) is 11.0 Å². The Morgan fingerprint density at radius 1 is 1.13 bits per heavy atom. The third kappa shape index (κ3) is 5.31. The summed E-state index contributed by atoms with van der Waals surface area (Å²) in [6.45, 7) is 4.91. The van der Waals surface area contributed by atoms with Crippen LogP contribution in [0.2, 0.25) is 0 Å². The number of aromatic amines is 1. The van der Waals surface area contributed by atoms with E-state index in [1.54, 1.807) is 22.1 Å². The van der Waals surface area contributed by atoms with E-state index < -0.39 is 17.1 Å². The zero-order valence-corrected chi connectivity index (χ0v) is 23.2. The standard InChI is InChI=1S/C25H28BrN7O6/c1-13-8-31(9-14(2)39-13)24(34)16-4-15(26)5-20(33(36)37)23(16)30-19-10-32(11-21(19)38-3)25(35)17-6-27-7-18-22(17)29-12-28-18/h4-7,12-14,19,21,30H,8-11H2,1-3H3,(H,28,29)/t13-,14+,19-,21-/m0/s1. The van der Waals surface area contributed by atoms with Crippen LogP contribution in [0.15, 0.2) is 35.3 Å². The van der Waals surface area contributed by atoms with Crippen LogP contribution in [0.1, 0.15) is 34.6 Å². The predicted molar refractivity (Wildman–Crippen MR) is 145 cm³/mol. The van der Waals surface area contributed by atoms with Crippen molar-refractivity contribution >= 4 is 50.2 Å². The summed E-state index contributed by atoms with van der Waals surface area (Å²) in [6, 6.07) is 2.40. The molecule has 4 atom stereocenters. The molecule has 0 radical (unpaired) electrons. The Kier molecular flexibility index (Phi) is 7.51. The quantitative estimate of drug-likeness (QED) is 0.320. The number of rotatable bonds is 6. The number of hydrogen-bond donors (Lipinski definition) is 2. The molecule has 0 unspecified atom stereocenters. The zero-order valence-electron chi connectivity index (χ0n) is 21.6. The maximum atomic E-state index is 13.7. The van der Waals surface area contributed by atoms with Crippen LogP contribution in [0.5, 0.6) is 0 Å². The maximum absolute atomic E-state index is 13.7. The van der Waals surface area contributed by atoms with E-state index in [-0.39, 0.29) is 54.1 Å². The minimum atomic E-state index is -0.530. The molecule has 2 amide bonds. The van der Waals surface area contributed by atoms with E-state index in [4.69, 9.17) is 9.47 Å². The summed E-state index contributed by atoms with van der Waals surface area (Å²) in [6.07, 6.45) is 3.72. The summed E-state index contributed by atoms with van der Waals surface area (Å²) >= 11 is 3.32. The summed E-state index contributed by atoms with van der Waals surface area (Å²) in [4.78, 5) is 53.3. The Morgan fingerprint density at radius 2 is 1.82 bits per heavy atom. The number of nitro groups is 1. The molecule has 2 aliphatic rings. The highest BCUT2D eigenvalue weighted by Gasteiger charge is 2.39. The second kappa shape index (κ2) is 10.9. The molecule has 0 aliphatic carbocycles. The van der Waals surface area contributed by atoms with Crippen LogP contribution in [0, 0.1) is 10.1 Å². The molecule has 4 heterocycles. The van der Waals surface area contributed by atoms with Crippen molar-refractivity contribution in [3.63, 3.8) is 0 Å². The van der Waals surface area contributed by atoms with Crippen molar-refractivity contribution in [1.29, 1.82) is 0 Å². The number of pyridine rings is 1. The van der Waals surface area contributed by atoms with Gasteiger partial charge in [-0.25, -0.2) is 4.98 Å². The highest BCUT2D eigenvalue weighted by molar-refractivity contribution is 9.10. The van der Waals surface area contributed by atoms with E-state index in [2.05, 4.69) is 36.2 Å². The summed E-state index contributed by atoms with van der Waals surface area (Å²) in [5.74, 6) is -0.635. The molecule has 0 bridgehead atoms. The lowest BCUT2D eigenvalue weighted by atomic mass is 10.1. The SMILES string of the molecule is CO[C@H]1CN(C(=O)c2cncc3[nH]cnc23)C[C@@H]1Nc1c(C(=O)N2C[C@@H](C)O[C@@H](C)C2)cc(Br)cc1[N+](=O)[O-]. The molecular weight excluding hydrogens is 574 g/mol. The largest absolute Gasteiger partial charge is 0.377 e. The minimum Gasteiger partial charge on any atom is -0.377 e. The first-order valence-corrected chi connectivity index (χ1v) is 13.2. The van der Waals surface area contributed by atoms with Gasteiger partial charge in [-0.2, -0.15) is 0 Å². The Morgan fingerprint density at radius 3 is 2.51 bits per heavy atom. The van der Waals surface area contributed by atoms with Crippen LogP contribution < -0.4 is 5.32 Å². The van der Waals surface area contributed by atoms with Gasteiger partial charge in [0.15, 0.2) is 0 Å². The summed E-state index contributed by atoms with van der Waals surface area (Å²) < 4.78 is 11.8. The van der Waals surface area contributed by atoms with Crippen LogP contribution in [0.3, 0.4) is 0 Å². The van der Waals surface area contributed by atoms with Crippen molar-refractivity contribution in [2.45, 2.75) is 38.2 Å². The number of imidazole rings is 1. The molecule has 2 N–H and O–H groups in total. The smallest absolute Gasteiger partial charge is 0.294 e. The number of benzene rings is 1. The number of nitrogens with zero attached hydrogens (tertiary/aromatic N) is 5. The Labute approximate surface area is 232 Å².